The smallest absolute Gasteiger partial charge is 0.261 e. The lowest BCUT2D eigenvalue weighted by molar-refractivity contribution is -0.143. The van der Waals surface area contributed by atoms with Gasteiger partial charge in [-0.3, -0.25) is 9.59 Å². The summed E-state index contributed by atoms with van der Waals surface area (Å²) in [4.78, 5) is 28.7. The normalized spacial score (nSPS) is 12.5. The van der Waals surface area contributed by atoms with Gasteiger partial charge < -0.3 is 15.0 Å². The number of amides is 2. The minimum atomic E-state index is -0.733. The van der Waals surface area contributed by atoms with Gasteiger partial charge in [0.2, 0.25) is 5.91 Å². The van der Waals surface area contributed by atoms with E-state index in [1.165, 1.54) is 0 Å². The number of ether oxygens (including phenoxy) is 1. The Balaban J connectivity index is 1.91. The van der Waals surface area contributed by atoms with Crippen LogP contribution in [0.5, 0.6) is 5.75 Å². The summed E-state index contributed by atoms with van der Waals surface area (Å²) in [6, 6.07) is 21.5. The molecule has 0 heterocycles. The molecule has 3 aromatic carbocycles. The van der Waals surface area contributed by atoms with E-state index in [0.717, 1.165) is 23.1 Å². The third-order valence-corrected chi connectivity index (χ3v) is 6.66. The number of nitrogens with zero attached hydrogens (tertiary/aromatic N) is 1. The van der Waals surface area contributed by atoms with Crippen LogP contribution in [0.25, 0.3) is 0 Å². The molecule has 1 N–H and O–H groups in total. The van der Waals surface area contributed by atoms with Crippen LogP contribution in [0.3, 0.4) is 0 Å². The number of carbonyl (C=O) groups excluding carboxylic acids is 2. The Bertz CT molecular complexity index is 1170. The molecular formula is C29H32Cl2N2O3. The van der Waals surface area contributed by atoms with Crippen molar-refractivity contribution in [3.8, 4) is 5.75 Å². The summed E-state index contributed by atoms with van der Waals surface area (Å²) >= 11 is 12.3. The molecule has 0 fully saturated rings. The molecule has 0 aliphatic heterocycles. The molecular weight excluding hydrogens is 495 g/mol. The van der Waals surface area contributed by atoms with E-state index in [2.05, 4.69) is 5.32 Å². The van der Waals surface area contributed by atoms with E-state index in [0.29, 0.717) is 22.2 Å². The first kappa shape index (κ1) is 27.6. The topological polar surface area (TPSA) is 58.6 Å². The summed E-state index contributed by atoms with van der Waals surface area (Å²) in [5, 5.41) is 4.25. The van der Waals surface area contributed by atoms with Crippen molar-refractivity contribution in [2.45, 2.75) is 52.2 Å². The summed E-state index contributed by atoms with van der Waals surface area (Å²) < 4.78 is 5.82. The number of halogens is 2. The standard InChI is InChI=1S/C29H32Cl2N2O3/c1-4-21(3)32-29(35)27(17-22-9-6-5-7-10-22)33(18-23-11-8-12-24(30)16-23)28(34)19-36-25-13-14-26(31)20(2)15-25/h5-16,21,27H,4,17-19H2,1-3H3,(H,32,35). The second-order valence-corrected chi connectivity index (χ2v) is 9.72. The van der Waals surface area contributed by atoms with E-state index in [4.69, 9.17) is 27.9 Å². The first-order valence-electron chi connectivity index (χ1n) is 12.0. The number of carbonyl (C=O) groups is 2. The average molecular weight is 527 g/mol. The van der Waals surface area contributed by atoms with Crippen molar-refractivity contribution in [1.82, 2.24) is 10.2 Å². The van der Waals surface area contributed by atoms with E-state index in [-0.39, 0.29) is 31.0 Å². The maximum Gasteiger partial charge on any atom is 0.261 e. The Hall–Kier alpha value is -3.02. The fourth-order valence-electron chi connectivity index (χ4n) is 3.76. The third-order valence-electron chi connectivity index (χ3n) is 6.01. The quantitative estimate of drug-likeness (QED) is 0.322. The number of rotatable bonds is 11. The van der Waals surface area contributed by atoms with Gasteiger partial charge in [0.25, 0.3) is 5.91 Å². The van der Waals surface area contributed by atoms with Gasteiger partial charge in [0.05, 0.1) is 0 Å². The maximum absolute atomic E-state index is 13.6. The van der Waals surface area contributed by atoms with Gasteiger partial charge in [-0.25, -0.2) is 0 Å². The zero-order valence-electron chi connectivity index (χ0n) is 20.8. The summed E-state index contributed by atoms with van der Waals surface area (Å²) in [6.45, 7) is 5.83. The van der Waals surface area contributed by atoms with Gasteiger partial charge in [-0.15, -0.1) is 0 Å². The summed E-state index contributed by atoms with van der Waals surface area (Å²) in [7, 11) is 0. The van der Waals surface area contributed by atoms with Crippen molar-refractivity contribution in [3.05, 3.63) is 99.5 Å². The predicted octanol–water partition coefficient (Wildman–Crippen LogP) is 6.24. The molecule has 190 valence electrons. The van der Waals surface area contributed by atoms with Crippen molar-refractivity contribution >= 4 is 35.0 Å². The lowest BCUT2D eigenvalue weighted by Gasteiger charge is -2.32. The summed E-state index contributed by atoms with van der Waals surface area (Å²) in [5.41, 5.74) is 2.64. The molecule has 0 aliphatic carbocycles. The van der Waals surface area contributed by atoms with E-state index >= 15 is 0 Å². The third kappa shape index (κ3) is 8.00. The van der Waals surface area contributed by atoms with E-state index in [1.807, 2.05) is 63.2 Å². The SMILES string of the molecule is CCC(C)NC(=O)C(Cc1ccccc1)N(Cc1cccc(Cl)c1)C(=O)COc1ccc(Cl)c(C)c1. The summed E-state index contributed by atoms with van der Waals surface area (Å²) in [6.07, 6.45) is 1.15. The van der Waals surface area contributed by atoms with Crippen LogP contribution in [-0.4, -0.2) is 35.4 Å². The highest BCUT2D eigenvalue weighted by molar-refractivity contribution is 6.31. The highest BCUT2D eigenvalue weighted by atomic mass is 35.5. The molecule has 2 atom stereocenters. The van der Waals surface area contributed by atoms with E-state index < -0.39 is 6.04 Å². The fraction of sp³-hybridized carbons (Fsp3) is 0.310. The number of hydrogen-bond acceptors (Lipinski definition) is 3. The zero-order valence-corrected chi connectivity index (χ0v) is 22.4. The molecule has 5 nitrogen and oxygen atoms in total. The van der Waals surface area contributed by atoms with Crippen molar-refractivity contribution in [2.24, 2.45) is 0 Å². The summed E-state index contributed by atoms with van der Waals surface area (Å²) in [5.74, 6) is 0.0327. The Kier molecular flexibility index (Phi) is 10.2. The van der Waals surface area contributed by atoms with Crippen LogP contribution in [0, 0.1) is 6.92 Å². The van der Waals surface area contributed by atoms with Gasteiger partial charge in [-0.1, -0.05) is 72.6 Å². The highest BCUT2D eigenvalue weighted by Crippen LogP contribution is 2.22. The molecule has 0 aliphatic rings. The van der Waals surface area contributed by atoms with Gasteiger partial charge in [0, 0.05) is 29.1 Å². The van der Waals surface area contributed by atoms with Gasteiger partial charge in [0.15, 0.2) is 6.61 Å². The number of benzene rings is 3. The van der Waals surface area contributed by atoms with Crippen molar-refractivity contribution in [1.29, 1.82) is 0 Å². The molecule has 3 aromatic rings. The van der Waals surface area contributed by atoms with Crippen LogP contribution in [0.4, 0.5) is 0 Å². The molecule has 7 heteroatoms. The van der Waals surface area contributed by atoms with Crippen LogP contribution in [-0.2, 0) is 22.6 Å². The lowest BCUT2D eigenvalue weighted by Crippen LogP contribution is -2.53. The minimum absolute atomic E-state index is 0.0211. The average Bonchev–Trinajstić information content (AvgIpc) is 2.87. The molecule has 0 aromatic heterocycles. The molecule has 2 unspecified atom stereocenters. The van der Waals surface area contributed by atoms with Crippen LogP contribution >= 0.6 is 23.2 Å². The second kappa shape index (κ2) is 13.3. The van der Waals surface area contributed by atoms with Gasteiger partial charge in [-0.05, 0) is 67.3 Å². The molecule has 0 bridgehead atoms. The van der Waals surface area contributed by atoms with Crippen LogP contribution in [0.1, 0.15) is 37.0 Å². The molecule has 0 spiro atoms. The Morgan fingerprint density at radius 3 is 2.36 bits per heavy atom. The molecule has 0 saturated heterocycles. The highest BCUT2D eigenvalue weighted by Gasteiger charge is 2.31. The first-order chi connectivity index (χ1) is 17.3. The van der Waals surface area contributed by atoms with Crippen LogP contribution in [0.15, 0.2) is 72.8 Å². The zero-order chi connectivity index (χ0) is 26.1. The van der Waals surface area contributed by atoms with Gasteiger partial charge in [-0.2, -0.15) is 0 Å². The minimum Gasteiger partial charge on any atom is -0.484 e. The van der Waals surface area contributed by atoms with Gasteiger partial charge >= 0.3 is 0 Å². The molecule has 0 radical (unpaired) electrons. The van der Waals surface area contributed by atoms with Crippen molar-refractivity contribution in [2.75, 3.05) is 6.61 Å². The molecule has 2 amide bonds. The van der Waals surface area contributed by atoms with E-state index in [9.17, 15) is 9.59 Å². The Labute approximate surface area is 223 Å². The van der Waals surface area contributed by atoms with Gasteiger partial charge in [0.1, 0.15) is 11.8 Å². The monoisotopic (exact) mass is 526 g/mol. The predicted molar refractivity (Wildman–Crippen MR) is 146 cm³/mol. The molecule has 3 rings (SSSR count). The van der Waals surface area contributed by atoms with Crippen LogP contribution < -0.4 is 10.1 Å². The maximum atomic E-state index is 13.6. The van der Waals surface area contributed by atoms with Crippen molar-refractivity contribution in [3.63, 3.8) is 0 Å². The van der Waals surface area contributed by atoms with Crippen LogP contribution in [0.2, 0.25) is 10.0 Å². The molecule has 0 saturated carbocycles. The largest absolute Gasteiger partial charge is 0.484 e. The number of hydrogen-bond donors (Lipinski definition) is 1. The van der Waals surface area contributed by atoms with E-state index in [1.54, 1.807) is 35.2 Å². The number of nitrogens with one attached hydrogen (secondary N) is 1. The van der Waals surface area contributed by atoms with Crippen molar-refractivity contribution < 1.29 is 14.3 Å². The second-order valence-electron chi connectivity index (χ2n) is 8.87. The number of aryl methyl sites for hydroxylation is 1. The molecule has 36 heavy (non-hydrogen) atoms. The Morgan fingerprint density at radius 2 is 1.69 bits per heavy atom. The Morgan fingerprint density at radius 1 is 0.972 bits per heavy atom. The lowest BCUT2D eigenvalue weighted by atomic mass is 10.0. The first-order valence-corrected chi connectivity index (χ1v) is 12.8. The fourth-order valence-corrected chi connectivity index (χ4v) is 4.09.